The number of anilines is 1. The smallest absolute Gasteiger partial charge is 0.270 e. The molecule has 146 valence electrons. The molecular formula is C21H23N3O3S. The van der Waals surface area contributed by atoms with E-state index < -0.39 is 0 Å². The molecule has 1 saturated heterocycles. The van der Waals surface area contributed by atoms with Gasteiger partial charge < -0.3 is 9.64 Å². The van der Waals surface area contributed by atoms with E-state index in [2.05, 4.69) is 5.10 Å². The lowest BCUT2D eigenvalue weighted by Gasteiger charge is -2.28. The van der Waals surface area contributed by atoms with Gasteiger partial charge in [-0.2, -0.15) is 5.10 Å². The summed E-state index contributed by atoms with van der Waals surface area (Å²) in [5.41, 5.74) is 1.11. The molecule has 7 heteroatoms. The molecule has 0 N–H and O–H groups in total. The van der Waals surface area contributed by atoms with Gasteiger partial charge in [0, 0.05) is 30.9 Å². The van der Waals surface area contributed by atoms with Crippen molar-refractivity contribution in [1.29, 1.82) is 0 Å². The first kappa shape index (κ1) is 18.8. The van der Waals surface area contributed by atoms with Crippen LogP contribution in [-0.2, 0) is 20.9 Å². The minimum absolute atomic E-state index is 0.0694. The van der Waals surface area contributed by atoms with Crippen molar-refractivity contribution in [2.45, 2.75) is 38.3 Å². The summed E-state index contributed by atoms with van der Waals surface area (Å²) in [6.45, 7) is 1.84. The highest BCUT2D eigenvalue weighted by atomic mass is 32.1. The van der Waals surface area contributed by atoms with Gasteiger partial charge >= 0.3 is 0 Å². The lowest BCUT2D eigenvalue weighted by Crippen LogP contribution is -2.44. The molecule has 1 atom stereocenters. The number of nitrogens with zero attached hydrogens (tertiary/aromatic N) is 3. The zero-order valence-electron chi connectivity index (χ0n) is 15.6. The van der Waals surface area contributed by atoms with Gasteiger partial charge in [0.15, 0.2) is 0 Å². The third kappa shape index (κ3) is 4.31. The van der Waals surface area contributed by atoms with Gasteiger partial charge in [0.05, 0.1) is 18.3 Å². The van der Waals surface area contributed by atoms with Crippen LogP contribution in [0.2, 0.25) is 0 Å². The highest BCUT2D eigenvalue weighted by Crippen LogP contribution is 2.22. The van der Waals surface area contributed by atoms with Gasteiger partial charge in [0.2, 0.25) is 5.91 Å². The molecule has 2 amide bonds. The molecule has 2 aliphatic rings. The van der Waals surface area contributed by atoms with Crippen LogP contribution in [0.25, 0.3) is 0 Å². The Morgan fingerprint density at radius 2 is 2.07 bits per heavy atom. The number of carbonyl (C=O) groups is 2. The standard InChI is InChI=1S/C21H23N3O3S/c25-20-11-10-19(22-24(20)16-6-2-1-3-7-16)21(26)23(14-17-8-4-12-27-17)15-18-9-5-13-28-18/h1-3,5-7,9,13,17H,4,8,10-12,14-15H2/t17-/m0/s1. The van der Waals surface area contributed by atoms with Crippen LogP contribution in [0.3, 0.4) is 0 Å². The second-order valence-electron chi connectivity index (χ2n) is 6.99. The summed E-state index contributed by atoms with van der Waals surface area (Å²) in [7, 11) is 0. The molecule has 6 nitrogen and oxygen atoms in total. The van der Waals surface area contributed by atoms with Gasteiger partial charge in [0.1, 0.15) is 5.71 Å². The zero-order valence-corrected chi connectivity index (χ0v) is 16.4. The van der Waals surface area contributed by atoms with Gasteiger partial charge in [-0.1, -0.05) is 24.3 Å². The molecule has 28 heavy (non-hydrogen) atoms. The fourth-order valence-corrected chi connectivity index (χ4v) is 4.22. The fraction of sp³-hybridized carbons (Fsp3) is 0.381. The second kappa shape index (κ2) is 8.67. The van der Waals surface area contributed by atoms with Crippen LogP contribution in [0.1, 0.15) is 30.6 Å². The average Bonchev–Trinajstić information content (AvgIpc) is 3.42. The van der Waals surface area contributed by atoms with Crippen LogP contribution in [0.4, 0.5) is 5.69 Å². The maximum Gasteiger partial charge on any atom is 0.270 e. The molecule has 0 saturated carbocycles. The van der Waals surface area contributed by atoms with Gasteiger partial charge in [0.25, 0.3) is 5.91 Å². The summed E-state index contributed by atoms with van der Waals surface area (Å²) < 4.78 is 5.75. The van der Waals surface area contributed by atoms with E-state index in [1.54, 1.807) is 11.3 Å². The van der Waals surface area contributed by atoms with Crippen molar-refractivity contribution in [2.75, 3.05) is 18.2 Å². The summed E-state index contributed by atoms with van der Waals surface area (Å²) in [5.74, 6) is -0.205. The predicted molar refractivity (Wildman–Crippen MR) is 109 cm³/mol. The third-order valence-electron chi connectivity index (χ3n) is 4.94. The Balaban J connectivity index is 1.56. The number of thiophene rings is 1. The Morgan fingerprint density at radius 3 is 2.79 bits per heavy atom. The maximum absolute atomic E-state index is 13.3. The number of hydrazone groups is 1. The Bertz CT molecular complexity index is 845. The predicted octanol–water partition coefficient (Wildman–Crippen LogP) is 3.44. The molecule has 1 aromatic heterocycles. The number of carbonyl (C=O) groups excluding carboxylic acids is 2. The first-order chi connectivity index (χ1) is 13.7. The lowest BCUT2D eigenvalue weighted by molar-refractivity contribution is -0.126. The first-order valence-corrected chi connectivity index (χ1v) is 10.5. The summed E-state index contributed by atoms with van der Waals surface area (Å²) in [4.78, 5) is 28.6. The minimum Gasteiger partial charge on any atom is -0.376 e. The molecule has 0 spiro atoms. The number of para-hydroxylation sites is 1. The number of amides is 2. The number of benzene rings is 1. The number of rotatable bonds is 6. The number of hydrogen-bond acceptors (Lipinski definition) is 5. The van der Waals surface area contributed by atoms with Crippen molar-refractivity contribution in [1.82, 2.24) is 4.90 Å². The third-order valence-corrected chi connectivity index (χ3v) is 5.80. The number of hydrogen-bond donors (Lipinski definition) is 0. The van der Waals surface area contributed by atoms with Gasteiger partial charge in [-0.15, -0.1) is 11.3 Å². The molecule has 0 aliphatic carbocycles. The van der Waals surface area contributed by atoms with Gasteiger partial charge in [-0.05, 0) is 36.4 Å². The molecule has 2 aromatic rings. The molecular weight excluding hydrogens is 374 g/mol. The summed E-state index contributed by atoms with van der Waals surface area (Å²) in [6, 6.07) is 13.3. The van der Waals surface area contributed by atoms with Gasteiger partial charge in [-0.25, -0.2) is 5.01 Å². The maximum atomic E-state index is 13.3. The Hall–Kier alpha value is -2.51. The summed E-state index contributed by atoms with van der Waals surface area (Å²) >= 11 is 1.63. The normalized spacial score (nSPS) is 19.6. The topological polar surface area (TPSA) is 62.2 Å². The minimum atomic E-state index is -0.114. The van der Waals surface area contributed by atoms with Crippen molar-refractivity contribution < 1.29 is 14.3 Å². The zero-order chi connectivity index (χ0) is 19.3. The van der Waals surface area contributed by atoms with Gasteiger partial charge in [-0.3, -0.25) is 9.59 Å². The van der Waals surface area contributed by atoms with Crippen molar-refractivity contribution in [3.8, 4) is 0 Å². The van der Waals surface area contributed by atoms with Crippen LogP contribution in [0.15, 0.2) is 52.9 Å². The van der Waals surface area contributed by atoms with Crippen LogP contribution in [-0.4, -0.2) is 41.7 Å². The molecule has 0 bridgehead atoms. The second-order valence-corrected chi connectivity index (χ2v) is 8.02. The summed E-state index contributed by atoms with van der Waals surface area (Å²) in [6.07, 6.45) is 2.72. The van der Waals surface area contributed by atoms with Crippen molar-refractivity contribution in [3.05, 3.63) is 52.7 Å². The molecule has 2 aliphatic heterocycles. The number of ether oxygens (including phenoxy) is 1. The fourth-order valence-electron chi connectivity index (χ4n) is 3.50. The Kier molecular flexibility index (Phi) is 5.83. The monoisotopic (exact) mass is 397 g/mol. The molecule has 4 rings (SSSR count). The van der Waals surface area contributed by atoms with E-state index in [0.29, 0.717) is 30.9 Å². The van der Waals surface area contributed by atoms with Crippen molar-refractivity contribution in [2.24, 2.45) is 5.10 Å². The quantitative estimate of drug-likeness (QED) is 0.750. The van der Waals surface area contributed by atoms with Crippen LogP contribution in [0.5, 0.6) is 0 Å². The molecule has 0 radical (unpaired) electrons. The summed E-state index contributed by atoms with van der Waals surface area (Å²) in [5, 5.41) is 7.79. The van der Waals surface area contributed by atoms with Crippen LogP contribution >= 0.6 is 11.3 Å². The van der Waals surface area contributed by atoms with E-state index >= 15 is 0 Å². The van der Waals surface area contributed by atoms with E-state index in [0.717, 1.165) is 24.3 Å². The van der Waals surface area contributed by atoms with E-state index in [-0.39, 0.29) is 24.3 Å². The van der Waals surface area contributed by atoms with E-state index in [1.165, 1.54) is 5.01 Å². The SMILES string of the molecule is O=C(C1=NN(c2ccccc2)C(=O)CC1)N(Cc1cccs1)C[C@@H]1CCCO1. The lowest BCUT2D eigenvalue weighted by atomic mass is 10.1. The van der Waals surface area contributed by atoms with E-state index in [1.807, 2.05) is 52.7 Å². The van der Waals surface area contributed by atoms with Crippen LogP contribution in [0, 0.1) is 0 Å². The Morgan fingerprint density at radius 1 is 1.21 bits per heavy atom. The molecule has 0 unspecified atom stereocenters. The van der Waals surface area contributed by atoms with E-state index in [4.69, 9.17) is 4.74 Å². The highest BCUT2D eigenvalue weighted by molar-refractivity contribution is 7.09. The van der Waals surface area contributed by atoms with Crippen molar-refractivity contribution >= 4 is 34.6 Å². The molecule has 1 aromatic carbocycles. The Labute approximate surface area is 168 Å². The van der Waals surface area contributed by atoms with E-state index in [9.17, 15) is 9.59 Å². The largest absolute Gasteiger partial charge is 0.376 e. The highest BCUT2D eigenvalue weighted by Gasteiger charge is 2.30. The van der Waals surface area contributed by atoms with Crippen LogP contribution < -0.4 is 5.01 Å². The van der Waals surface area contributed by atoms with Crippen molar-refractivity contribution in [3.63, 3.8) is 0 Å². The first-order valence-electron chi connectivity index (χ1n) is 9.59. The molecule has 3 heterocycles. The average molecular weight is 398 g/mol. The molecule has 1 fully saturated rings.